The van der Waals surface area contributed by atoms with E-state index in [-0.39, 0.29) is 5.82 Å². The number of aryl methyl sites for hydroxylation is 1. The molecule has 0 unspecified atom stereocenters. The zero-order valence-electron chi connectivity index (χ0n) is 11.7. The third kappa shape index (κ3) is 3.55. The first kappa shape index (κ1) is 13.9. The summed E-state index contributed by atoms with van der Waals surface area (Å²) in [6, 6.07) is 6.39. The molecule has 5 heteroatoms. The molecule has 1 aromatic heterocycles. The third-order valence-corrected chi connectivity index (χ3v) is 3.39. The van der Waals surface area contributed by atoms with Crippen molar-refractivity contribution in [3.63, 3.8) is 0 Å². The van der Waals surface area contributed by atoms with Crippen molar-refractivity contribution in [3.8, 4) is 11.6 Å². The van der Waals surface area contributed by atoms with Gasteiger partial charge in [0.1, 0.15) is 17.4 Å². The Morgan fingerprint density at radius 3 is 2.81 bits per heavy atom. The number of rotatable bonds is 5. The zero-order chi connectivity index (χ0) is 14.8. The van der Waals surface area contributed by atoms with Gasteiger partial charge in [-0.25, -0.2) is 13.8 Å². The summed E-state index contributed by atoms with van der Waals surface area (Å²) in [6.45, 7) is 2.17. The Morgan fingerprint density at radius 1 is 1.29 bits per heavy atom. The van der Waals surface area contributed by atoms with Crippen LogP contribution in [0.4, 0.5) is 8.78 Å². The Balaban J connectivity index is 1.80. The second kappa shape index (κ2) is 5.77. The van der Waals surface area contributed by atoms with Gasteiger partial charge in [-0.05, 0) is 49.6 Å². The predicted octanol–water partition coefficient (Wildman–Crippen LogP) is 3.71. The largest absolute Gasteiger partial charge is 0.439 e. The first-order valence-electron chi connectivity index (χ1n) is 6.93. The normalized spacial score (nSPS) is 14.2. The van der Waals surface area contributed by atoms with Crippen LogP contribution in [0.25, 0.3) is 0 Å². The molecule has 1 N–H and O–H groups in total. The minimum absolute atomic E-state index is 0.287. The minimum atomic E-state index is -0.398. The van der Waals surface area contributed by atoms with Crippen LogP contribution in [0.15, 0.2) is 30.5 Å². The van der Waals surface area contributed by atoms with E-state index in [9.17, 15) is 8.78 Å². The molecule has 0 atom stereocenters. The van der Waals surface area contributed by atoms with Crippen molar-refractivity contribution in [3.05, 3.63) is 53.2 Å². The molecule has 1 saturated carbocycles. The van der Waals surface area contributed by atoms with Crippen LogP contribution in [-0.4, -0.2) is 11.0 Å². The standard InChI is InChI=1S/C16H16F2N2O/c1-10-6-14(4-5-15(10)18)21-16-11(7-12(17)9-20-16)8-19-13-2-3-13/h4-7,9,13,19H,2-3,8H2,1H3. The van der Waals surface area contributed by atoms with Crippen molar-refractivity contribution in [1.82, 2.24) is 10.3 Å². The lowest BCUT2D eigenvalue weighted by molar-refractivity contribution is 0.446. The molecule has 1 heterocycles. The average molecular weight is 290 g/mol. The summed E-state index contributed by atoms with van der Waals surface area (Å²) < 4.78 is 32.3. The van der Waals surface area contributed by atoms with Crippen LogP contribution in [0.3, 0.4) is 0 Å². The highest BCUT2D eigenvalue weighted by Crippen LogP contribution is 2.26. The van der Waals surface area contributed by atoms with E-state index in [0.717, 1.165) is 19.0 Å². The Labute approximate surface area is 122 Å². The molecule has 1 aromatic carbocycles. The lowest BCUT2D eigenvalue weighted by Crippen LogP contribution is -2.16. The molecule has 0 spiro atoms. The van der Waals surface area contributed by atoms with Crippen molar-refractivity contribution in [2.75, 3.05) is 0 Å². The zero-order valence-corrected chi connectivity index (χ0v) is 11.7. The average Bonchev–Trinajstić information content (AvgIpc) is 3.27. The van der Waals surface area contributed by atoms with Crippen LogP contribution >= 0.6 is 0 Å². The number of nitrogens with zero attached hydrogens (tertiary/aromatic N) is 1. The molecule has 0 amide bonds. The van der Waals surface area contributed by atoms with Gasteiger partial charge in [-0.15, -0.1) is 0 Å². The highest BCUT2D eigenvalue weighted by Gasteiger charge is 2.21. The molecule has 3 nitrogen and oxygen atoms in total. The molecule has 1 aliphatic rings. The highest BCUT2D eigenvalue weighted by atomic mass is 19.1. The molecule has 110 valence electrons. The SMILES string of the molecule is Cc1cc(Oc2ncc(F)cc2CNC2CC2)ccc1F. The Bertz CT molecular complexity index is 657. The van der Waals surface area contributed by atoms with E-state index in [0.29, 0.717) is 35.3 Å². The summed E-state index contributed by atoms with van der Waals surface area (Å²) in [4.78, 5) is 3.99. The number of nitrogens with one attached hydrogen (secondary N) is 1. The van der Waals surface area contributed by atoms with Crippen LogP contribution in [-0.2, 0) is 6.54 Å². The molecule has 1 aliphatic carbocycles. The maximum atomic E-state index is 13.3. The monoisotopic (exact) mass is 290 g/mol. The van der Waals surface area contributed by atoms with Gasteiger partial charge in [0.2, 0.25) is 5.88 Å². The Kier molecular flexibility index (Phi) is 3.84. The number of benzene rings is 1. The number of hydrogen-bond acceptors (Lipinski definition) is 3. The predicted molar refractivity (Wildman–Crippen MR) is 75.3 cm³/mol. The quantitative estimate of drug-likeness (QED) is 0.911. The van der Waals surface area contributed by atoms with Gasteiger partial charge in [0.25, 0.3) is 0 Å². The van der Waals surface area contributed by atoms with Gasteiger partial charge >= 0.3 is 0 Å². The number of ether oxygens (including phenoxy) is 1. The molecule has 1 fully saturated rings. The van der Waals surface area contributed by atoms with E-state index in [4.69, 9.17) is 4.74 Å². The number of hydrogen-bond donors (Lipinski definition) is 1. The van der Waals surface area contributed by atoms with E-state index in [2.05, 4.69) is 10.3 Å². The smallest absolute Gasteiger partial charge is 0.223 e. The van der Waals surface area contributed by atoms with Crippen molar-refractivity contribution in [2.45, 2.75) is 32.4 Å². The number of halogens is 2. The summed E-state index contributed by atoms with van der Waals surface area (Å²) in [7, 11) is 0. The van der Waals surface area contributed by atoms with Crippen LogP contribution in [0.5, 0.6) is 11.6 Å². The van der Waals surface area contributed by atoms with Crippen LogP contribution in [0.2, 0.25) is 0 Å². The van der Waals surface area contributed by atoms with E-state index >= 15 is 0 Å². The summed E-state index contributed by atoms with van der Waals surface area (Å²) in [5.74, 6) is 0.145. The van der Waals surface area contributed by atoms with Crippen molar-refractivity contribution in [2.24, 2.45) is 0 Å². The summed E-state index contributed by atoms with van der Waals surface area (Å²) >= 11 is 0. The van der Waals surface area contributed by atoms with Gasteiger partial charge in [-0.3, -0.25) is 0 Å². The van der Waals surface area contributed by atoms with Gasteiger partial charge in [-0.2, -0.15) is 0 Å². The molecular weight excluding hydrogens is 274 g/mol. The van der Waals surface area contributed by atoms with Crippen molar-refractivity contribution in [1.29, 1.82) is 0 Å². The minimum Gasteiger partial charge on any atom is -0.439 e. The first-order chi connectivity index (χ1) is 10.1. The highest BCUT2D eigenvalue weighted by molar-refractivity contribution is 5.35. The molecule has 0 saturated heterocycles. The lowest BCUT2D eigenvalue weighted by Gasteiger charge is -2.11. The fourth-order valence-electron chi connectivity index (χ4n) is 2.02. The van der Waals surface area contributed by atoms with Crippen LogP contribution < -0.4 is 10.1 Å². The summed E-state index contributed by atoms with van der Waals surface area (Å²) in [5.41, 5.74) is 1.15. The molecule has 0 radical (unpaired) electrons. The van der Waals surface area contributed by atoms with E-state index in [1.165, 1.54) is 18.2 Å². The van der Waals surface area contributed by atoms with Crippen molar-refractivity contribution < 1.29 is 13.5 Å². The summed E-state index contributed by atoms with van der Waals surface area (Å²) in [5, 5.41) is 3.30. The Hall–Kier alpha value is -2.01. The van der Waals surface area contributed by atoms with Crippen LogP contribution in [0.1, 0.15) is 24.0 Å². The van der Waals surface area contributed by atoms with E-state index in [1.807, 2.05) is 0 Å². The molecule has 2 aromatic rings. The topological polar surface area (TPSA) is 34.1 Å². The van der Waals surface area contributed by atoms with Gasteiger partial charge in [0, 0.05) is 18.2 Å². The molecule has 21 heavy (non-hydrogen) atoms. The summed E-state index contributed by atoms with van der Waals surface area (Å²) in [6.07, 6.45) is 3.42. The Morgan fingerprint density at radius 2 is 2.10 bits per heavy atom. The second-order valence-electron chi connectivity index (χ2n) is 5.29. The maximum Gasteiger partial charge on any atom is 0.223 e. The van der Waals surface area contributed by atoms with E-state index < -0.39 is 5.82 Å². The second-order valence-corrected chi connectivity index (χ2v) is 5.29. The third-order valence-electron chi connectivity index (χ3n) is 3.39. The number of aromatic nitrogens is 1. The van der Waals surface area contributed by atoms with Crippen LogP contribution in [0, 0.1) is 18.6 Å². The lowest BCUT2D eigenvalue weighted by atomic mass is 10.2. The van der Waals surface area contributed by atoms with Gasteiger partial charge in [0.05, 0.1) is 6.20 Å². The molecule has 0 aliphatic heterocycles. The fraction of sp³-hybridized carbons (Fsp3) is 0.312. The fourth-order valence-corrected chi connectivity index (χ4v) is 2.02. The maximum absolute atomic E-state index is 13.3. The molecule has 3 rings (SSSR count). The number of pyridine rings is 1. The van der Waals surface area contributed by atoms with Gasteiger partial charge in [0.15, 0.2) is 0 Å². The molecular formula is C16H16F2N2O. The van der Waals surface area contributed by atoms with Gasteiger partial charge in [-0.1, -0.05) is 0 Å². The van der Waals surface area contributed by atoms with Gasteiger partial charge < -0.3 is 10.1 Å². The van der Waals surface area contributed by atoms with Crippen molar-refractivity contribution >= 4 is 0 Å². The molecule has 0 bridgehead atoms. The first-order valence-corrected chi connectivity index (χ1v) is 6.93. The van der Waals surface area contributed by atoms with E-state index in [1.54, 1.807) is 13.0 Å².